The van der Waals surface area contributed by atoms with Crippen LogP contribution in [0.1, 0.15) is 40.0 Å². The van der Waals surface area contributed by atoms with E-state index in [2.05, 4.69) is 29.8 Å². The fourth-order valence-corrected chi connectivity index (χ4v) is 1.05. The molecule has 0 saturated heterocycles. The van der Waals surface area contributed by atoms with Crippen LogP contribution < -0.4 is 5.73 Å². The van der Waals surface area contributed by atoms with Gasteiger partial charge in [-0.25, -0.2) is 9.98 Å². The Kier molecular flexibility index (Phi) is 6.47. The maximum Gasteiger partial charge on any atom is 0.0892 e. The lowest BCUT2D eigenvalue weighted by Gasteiger charge is -2.25. The van der Waals surface area contributed by atoms with Gasteiger partial charge in [-0.1, -0.05) is 13.8 Å². The van der Waals surface area contributed by atoms with Gasteiger partial charge in [-0.05, 0) is 26.2 Å². The summed E-state index contributed by atoms with van der Waals surface area (Å²) in [6.07, 6.45) is 2.93. The van der Waals surface area contributed by atoms with E-state index in [9.17, 15) is 0 Å². The molecule has 0 radical (unpaired) electrons. The van der Waals surface area contributed by atoms with E-state index in [1.807, 2.05) is 6.92 Å². The first-order valence-electron chi connectivity index (χ1n) is 5.05. The predicted molar refractivity (Wildman–Crippen MR) is 57.4 cm³/mol. The first-order chi connectivity index (χ1) is 6.18. The zero-order chi connectivity index (χ0) is 10.2. The van der Waals surface area contributed by atoms with Gasteiger partial charge in [0.2, 0.25) is 0 Å². The third kappa shape index (κ3) is 5.56. The molecule has 0 amide bonds. The second-order valence-electron chi connectivity index (χ2n) is 3.28. The summed E-state index contributed by atoms with van der Waals surface area (Å²) >= 11 is 0. The molecule has 0 aromatic heterocycles. The Hall–Kier alpha value is -0.660. The van der Waals surface area contributed by atoms with Crippen molar-refractivity contribution in [3.63, 3.8) is 0 Å². The van der Waals surface area contributed by atoms with Crippen LogP contribution in [0.15, 0.2) is 9.98 Å². The highest BCUT2D eigenvalue weighted by Crippen LogP contribution is 2.15. The smallest absolute Gasteiger partial charge is 0.0892 e. The van der Waals surface area contributed by atoms with Crippen molar-refractivity contribution in [2.24, 2.45) is 15.7 Å². The molecule has 3 nitrogen and oxygen atoms in total. The van der Waals surface area contributed by atoms with E-state index in [-0.39, 0.29) is 5.54 Å². The van der Waals surface area contributed by atoms with E-state index in [1.165, 1.54) is 0 Å². The van der Waals surface area contributed by atoms with E-state index in [0.717, 1.165) is 32.4 Å². The molecule has 0 aromatic rings. The molecule has 0 aliphatic heterocycles. The van der Waals surface area contributed by atoms with Crippen molar-refractivity contribution in [2.45, 2.75) is 45.6 Å². The number of hydrogen-bond acceptors (Lipinski definition) is 3. The maximum atomic E-state index is 6.09. The van der Waals surface area contributed by atoms with Crippen LogP contribution in [0, 0.1) is 0 Å². The summed E-state index contributed by atoms with van der Waals surface area (Å²) in [6, 6.07) is 2.65. The number of nitrogens with zero attached hydrogens (tertiary/aromatic N) is 2. The first kappa shape index (κ1) is 12.3. The van der Waals surface area contributed by atoms with Crippen molar-refractivity contribution in [1.29, 1.82) is 0 Å². The van der Waals surface area contributed by atoms with Crippen LogP contribution in [0.5, 0.6) is 0 Å². The second kappa shape index (κ2) is 6.81. The summed E-state index contributed by atoms with van der Waals surface area (Å²) < 4.78 is 0. The molecule has 0 aliphatic rings. The molecular formula is C10H21N3. The van der Waals surface area contributed by atoms with Gasteiger partial charge >= 0.3 is 0 Å². The van der Waals surface area contributed by atoms with Crippen LogP contribution >= 0.6 is 0 Å². The second-order valence-corrected chi connectivity index (χ2v) is 3.28. The molecule has 76 valence electrons. The number of nitrogens with two attached hydrogens (primary N) is 1. The van der Waals surface area contributed by atoms with Gasteiger partial charge in [0, 0.05) is 12.1 Å². The van der Waals surface area contributed by atoms with Crippen molar-refractivity contribution in [3.05, 3.63) is 0 Å². The predicted octanol–water partition coefficient (Wildman–Crippen LogP) is 2.09. The molecule has 0 aliphatic carbocycles. The number of aliphatic imine (C=N–C) groups is 2. The molecule has 0 atom stereocenters. The van der Waals surface area contributed by atoms with Crippen molar-refractivity contribution >= 4 is 6.01 Å². The molecule has 0 bridgehead atoms. The molecule has 0 unspecified atom stereocenters. The highest BCUT2D eigenvalue weighted by atomic mass is 14.8. The lowest BCUT2D eigenvalue weighted by molar-refractivity contribution is 0.373. The minimum Gasteiger partial charge on any atom is -0.325 e. The molecule has 0 spiro atoms. The molecule has 0 aromatic carbocycles. The fourth-order valence-electron chi connectivity index (χ4n) is 1.05. The van der Waals surface area contributed by atoms with Crippen LogP contribution in [0.4, 0.5) is 0 Å². The van der Waals surface area contributed by atoms with Crippen molar-refractivity contribution in [2.75, 3.05) is 13.1 Å². The monoisotopic (exact) mass is 183 g/mol. The van der Waals surface area contributed by atoms with Crippen molar-refractivity contribution in [3.8, 4) is 0 Å². The van der Waals surface area contributed by atoms with Crippen LogP contribution in [0.25, 0.3) is 0 Å². The average molecular weight is 183 g/mol. The summed E-state index contributed by atoms with van der Waals surface area (Å²) in [7, 11) is 0. The Labute approximate surface area is 81.2 Å². The zero-order valence-corrected chi connectivity index (χ0v) is 9.01. The zero-order valence-electron chi connectivity index (χ0n) is 9.01. The highest BCUT2D eigenvalue weighted by molar-refractivity contribution is 5.40. The minimum absolute atomic E-state index is 0.0443. The van der Waals surface area contributed by atoms with E-state index in [1.54, 1.807) is 0 Å². The SMILES string of the molecule is CCN=C=NCCC(N)(CC)CC. The Morgan fingerprint density at radius 3 is 2.23 bits per heavy atom. The lowest BCUT2D eigenvalue weighted by atomic mass is 9.90. The quantitative estimate of drug-likeness (QED) is 0.630. The minimum atomic E-state index is -0.0443. The van der Waals surface area contributed by atoms with Crippen LogP contribution in [-0.4, -0.2) is 24.6 Å². The van der Waals surface area contributed by atoms with Crippen molar-refractivity contribution < 1.29 is 0 Å². The van der Waals surface area contributed by atoms with Gasteiger partial charge in [-0.15, -0.1) is 0 Å². The third-order valence-corrected chi connectivity index (χ3v) is 2.43. The van der Waals surface area contributed by atoms with Gasteiger partial charge in [0.1, 0.15) is 0 Å². The average Bonchev–Trinajstić information content (AvgIpc) is 2.17. The van der Waals surface area contributed by atoms with Gasteiger partial charge in [0.05, 0.1) is 12.6 Å². The van der Waals surface area contributed by atoms with Crippen LogP contribution in [0.3, 0.4) is 0 Å². The Morgan fingerprint density at radius 1 is 1.15 bits per heavy atom. The van der Waals surface area contributed by atoms with Gasteiger partial charge in [-0.3, -0.25) is 0 Å². The van der Waals surface area contributed by atoms with Gasteiger partial charge < -0.3 is 5.73 Å². The molecule has 0 heterocycles. The van der Waals surface area contributed by atoms with Gasteiger partial charge in [-0.2, -0.15) is 0 Å². The molecule has 3 heteroatoms. The largest absolute Gasteiger partial charge is 0.325 e. The first-order valence-corrected chi connectivity index (χ1v) is 5.05. The maximum absolute atomic E-state index is 6.09. The van der Waals surface area contributed by atoms with Gasteiger partial charge in [0.25, 0.3) is 0 Å². The summed E-state index contributed by atoms with van der Waals surface area (Å²) in [5.41, 5.74) is 6.05. The van der Waals surface area contributed by atoms with E-state index >= 15 is 0 Å². The van der Waals surface area contributed by atoms with E-state index in [4.69, 9.17) is 5.73 Å². The summed E-state index contributed by atoms with van der Waals surface area (Å²) in [5, 5.41) is 0. The fraction of sp³-hybridized carbons (Fsp3) is 0.900. The van der Waals surface area contributed by atoms with E-state index in [0.29, 0.717) is 0 Å². The van der Waals surface area contributed by atoms with Crippen LogP contribution in [-0.2, 0) is 0 Å². The Balaban J connectivity index is 3.80. The molecular weight excluding hydrogens is 162 g/mol. The number of rotatable bonds is 6. The molecule has 0 fully saturated rings. The van der Waals surface area contributed by atoms with Gasteiger partial charge in [0.15, 0.2) is 0 Å². The van der Waals surface area contributed by atoms with Crippen molar-refractivity contribution in [1.82, 2.24) is 0 Å². The standard InChI is InChI=1S/C10H21N3/c1-4-10(11,5-2)7-8-13-9-12-6-3/h4-8,11H2,1-3H3. The van der Waals surface area contributed by atoms with Crippen LogP contribution in [0.2, 0.25) is 0 Å². The summed E-state index contributed by atoms with van der Waals surface area (Å²) in [4.78, 5) is 7.93. The normalized spacial score (nSPS) is 10.8. The third-order valence-electron chi connectivity index (χ3n) is 2.43. The summed E-state index contributed by atoms with van der Waals surface area (Å²) in [5.74, 6) is 0. The topological polar surface area (TPSA) is 50.7 Å². The van der Waals surface area contributed by atoms with E-state index < -0.39 is 0 Å². The molecule has 2 N–H and O–H groups in total. The highest BCUT2D eigenvalue weighted by Gasteiger charge is 2.18. The Morgan fingerprint density at radius 2 is 1.77 bits per heavy atom. The number of hydrogen-bond donors (Lipinski definition) is 1. The molecule has 0 rings (SSSR count). The summed E-state index contributed by atoms with van der Waals surface area (Å²) in [6.45, 7) is 7.69. The lowest BCUT2D eigenvalue weighted by Crippen LogP contribution is -2.38. The Bertz CT molecular complexity index is 177. The molecule has 0 saturated carbocycles. The molecule has 13 heavy (non-hydrogen) atoms.